The Balaban J connectivity index is 1.41. The fraction of sp³-hybridized carbons (Fsp3) is 0.364. The summed E-state index contributed by atoms with van der Waals surface area (Å²) >= 11 is 6.03. The van der Waals surface area contributed by atoms with E-state index in [4.69, 9.17) is 21.4 Å². The molecule has 8 nitrogen and oxygen atoms in total. The number of rotatable bonds is 5. The van der Waals surface area contributed by atoms with Gasteiger partial charge < -0.3 is 10.1 Å². The van der Waals surface area contributed by atoms with Crippen molar-refractivity contribution in [3.05, 3.63) is 48.1 Å². The van der Waals surface area contributed by atoms with E-state index in [1.165, 1.54) is 0 Å². The summed E-state index contributed by atoms with van der Waals surface area (Å²) in [5.74, 6) is 1.56. The highest BCUT2D eigenvalue weighted by molar-refractivity contribution is 6.30. The number of ether oxygens (including phenoxy) is 1. The Labute approximate surface area is 185 Å². The third-order valence-electron chi connectivity index (χ3n) is 5.80. The molecule has 31 heavy (non-hydrogen) atoms. The number of aryl methyl sites for hydroxylation is 1. The van der Waals surface area contributed by atoms with Crippen molar-refractivity contribution < 1.29 is 4.74 Å². The third kappa shape index (κ3) is 3.95. The van der Waals surface area contributed by atoms with Gasteiger partial charge in [-0.2, -0.15) is 10.2 Å². The molecule has 0 aromatic carbocycles. The lowest BCUT2D eigenvalue weighted by Gasteiger charge is -2.29. The lowest BCUT2D eigenvalue weighted by molar-refractivity contribution is 0.130. The lowest BCUT2D eigenvalue weighted by Crippen LogP contribution is -2.26. The summed E-state index contributed by atoms with van der Waals surface area (Å²) in [6, 6.07) is 4.19. The van der Waals surface area contributed by atoms with E-state index in [9.17, 15) is 0 Å². The van der Waals surface area contributed by atoms with Crippen LogP contribution in [0.2, 0.25) is 5.02 Å². The standard InChI is InChI=1S/C22H24ClN7O/c1-24-21-8-20-19(12-26-21)22(14-9-27-29(2)13-14)28-30(20)16-3-5-17(6-4-16)31-18-7-15(23)10-25-11-18/h7-13,16-17H,3-6H2,1-2H3,(H,24,26). The van der Waals surface area contributed by atoms with Crippen LogP contribution in [0.5, 0.6) is 5.75 Å². The van der Waals surface area contributed by atoms with Gasteiger partial charge in [-0.05, 0) is 25.7 Å². The van der Waals surface area contributed by atoms with Gasteiger partial charge in [-0.15, -0.1) is 0 Å². The highest BCUT2D eigenvalue weighted by Gasteiger charge is 2.27. The minimum Gasteiger partial charge on any atom is -0.489 e. The van der Waals surface area contributed by atoms with Gasteiger partial charge in [-0.3, -0.25) is 14.3 Å². The second-order valence-electron chi connectivity index (χ2n) is 7.92. The zero-order valence-electron chi connectivity index (χ0n) is 17.5. The number of anilines is 1. The van der Waals surface area contributed by atoms with E-state index in [1.54, 1.807) is 17.1 Å². The molecule has 0 atom stereocenters. The van der Waals surface area contributed by atoms with Crippen molar-refractivity contribution >= 4 is 28.3 Å². The maximum absolute atomic E-state index is 6.11. The Morgan fingerprint density at radius 1 is 1.10 bits per heavy atom. The van der Waals surface area contributed by atoms with Crippen molar-refractivity contribution in [3.8, 4) is 17.0 Å². The fourth-order valence-corrected chi connectivity index (χ4v) is 4.42. The average molecular weight is 438 g/mol. The van der Waals surface area contributed by atoms with E-state index < -0.39 is 0 Å². The van der Waals surface area contributed by atoms with Gasteiger partial charge in [-0.1, -0.05) is 11.6 Å². The molecule has 0 unspecified atom stereocenters. The zero-order valence-corrected chi connectivity index (χ0v) is 18.3. The molecule has 0 saturated heterocycles. The van der Waals surface area contributed by atoms with Gasteiger partial charge in [0.25, 0.3) is 0 Å². The van der Waals surface area contributed by atoms with Gasteiger partial charge >= 0.3 is 0 Å². The molecule has 5 rings (SSSR count). The lowest BCUT2D eigenvalue weighted by atomic mass is 9.93. The first-order chi connectivity index (χ1) is 15.1. The van der Waals surface area contributed by atoms with Gasteiger partial charge in [0, 0.05) is 55.8 Å². The number of hydrogen-bond acceptors (Lipinski definition) is 6. The first kappa shape index (κ1) is 19.8. The SMILES string of the molecule is CNc1cc2c(cn1)c(-c1cnn(C)c1)nn2C1CCC(Oc2cncc(Cl)c2)CC1. The Kier molecular flexibility index (Phi) is 5.23. The summed E-state index contributed by atoms with van der Waals surface area (Å²) < 4.78 is 10.1. The molecule has 4 aromatic rings. The molecule has 1 N–H and O–H groups in total. The Hall–Kier alpha value is -3.13. The molecule has 1 fully saturated rings. The van der Waals surface area contributed by atoms with Crippen LogP contribution in [0.4, 0.5) is 5.82 Å². The highest BCUT2D eigenvalue weighted by Crippen LogP contribution is 2.36. The fourth-order valence-electron chi connectivity index (χ4n) is 4.26. The van der Waals surface area contributed by atoms with Crippen LogP contribution in [0.3, 0.4) is 0 Å². The van der Waals surface area contributed by atoms with Crippen LogP contribution in [0.15, 0.2) is 43.1 Å². The number of nitrogens with zero attached hydrogens (tertiary/aromatic N) is 6. The van der Waals surface area contributed by atoms with E-state index in [0.717, 1.165) is 59.4 Å². The topological polar surface area (TPSA) is 82.7 Å². The molecular weight excluding hydrogens is 414 g/mol. The third-order valence-corrected chi connectivity index (χ3v) is 6.01. The van der Waals surface area contributed by atoms with Crippen LogP contribution < -0.4 is 10.1 Å². The second-order valence-corrected chi connectivity index (χ2v) is 8.36. The molecular formula is C22H24ClN7O. The predicted octanol–water partition coefficient (Wildman–Crippen LogP) is 4.48. The van der Waals surface area contributed by atoms with Crippen molar-refractivity contribution in [2.24, 2.45) is 7.05 Å². The summed E-state index contributed by atoms with van der Waals surface area (Å²) in [7, 11) is 3.79. The smallest absolute Gasteiger partial charge is 0.139 e. The molecule has 1 aliphatic carbocycles. The normalized spacial score (nSPS) is 18.9. The van der Waals surface area contributed by atoms with E-state index in [0.29, 0.717) is 11.1 Å². The Bertz CT molecular complexity index is 1210. The number of pyridine rings is 2. The first-order valence-corrected chi connectivity index (χ1v) is 10.8. The van der Waals surface area contributed by atoms with Crippen molar-refractivity contribution in [2.75, 3.05) is 12.4 Å². The first-order valence-electron chi connectivity index (χ1n) is 10.4. The van der Waals surface area contributed by atoms with Crippen LogP contribution >= 0.6 is 11.6 Å². The second kappa shape index (κ2) is 8.19. The number of nitrogens with one attached hydrogen (secondary N) is 1. The van der Waals surface area contributed by atoms with Gasteiger partial charge in [-0.25, -0.2) is 4.98 Å². The van der Waals surface area contributed by atoms with Crippen molar-refractivity contribution in [1.82, 2.24) is 29.5 Å². The Morgan fingerprint density at radius 3 is 2.65 bits per heavy atom. The number of fused-ring (bicyclic) bond motifs is 1. The minimum absolute atomic E-state index is 0.158. The highest BCUT2D eigenvalue weighted by atomic mass is 35.5. The number of aromatic nitrogens is 6. The monoisotopic (exact) mass is 437 g/mol. The predicted molar refractivity (Wildman–Crippen MR) is 120 cm³/mol. The van der Waals surface area contributed by atoms with Gasteiger partial charge in [0.2, 0.25) is 0 Å². The van der Waals surface area contributed by atoms with E-state index in [2.05, 4.69) is 31.1 Å². The molecule has 160 valence electrons. The van der Waals surface area contributed by atoms with E-state index in [-0.39, 0.29) is 6.10 Å². The molecule has 0 bridgehead atoms. The molecule has 0 radical (unpaired) electrons. The quantitative estimate of drug-likeness (QED) is 0.495. The summed E-state index contributed by atoms with van der Waals surface area (Å²) in [6.07, 6.45) is 13.1. The average Bonchev–Trinajstić information content (AvgIpc) is 3.37. The van der Waals surface area contributed by atoms with Crippen LogP contribution in [0, 0.1) is 0 Å². The zero-order chi connectivity index (χ0) is 21.4. The molecule has 9 heteroatoms. The van der Waals surface area contributed by atoms with Crippen molar-refractivity contribution in [1.29, 1.82) is 0 Å². The number of halogens is 1. The van der Waals surface area contributed by atoms with Crippen LogP contribution in [-0.4, -0.2) is 42.7 Å². The summed E-state index contributed by atoms with van der Waals surface area (Å²) in [5, 5.41) is 14.1. The summed E-state index contributed by atoms with van der Waals surface area (Å²) in [5.41, 5.74) is 3.00. The molecule has 0 amide bonds. The van der Waals surface area contributed by atoms with Crippen LogP contribution in [-0.2, 0) is 7.05 Å². The minimum atomic E-state index is 0.158. The number of hydrogen-bond donors (Lipinski definition) is 1. The summed E-state index contributed by atoms with van der Waals surface area (Å²) in [4.78, 5) is 8.62. The van der Waals surface area contributed by atoms with Gasteiger partial charge in [0.1, 0.15) is 17.3 Å². The van der Waals surface area contributed by atoms with Crippen molar-refractivity contribution in [3.63, 3.8) is 0 Å². The van der Waals surface area contributed by atoms with Gasteiger partial charge in [0.15, 0.2) is 0 Å². The molecule has 1 aliphatic rings. The van der Waals surface area contributed by atoms with Gasteiger partial charge in [0.05, 0.1) is 35.1 Å². The molecule has 4 heterocycles. The Morgan fingerprint density at radius 2 is 1.94 bits per heavy atom. The van der Waals surface area contributed by atoms with Crippen molar-refractivity contribution in [2.45, 2.75) is 37.8 Å². The molecule has 0 spiro atoms. The molecule has 1 saturated carbocycles. The maximum Gasteiger partial charge on any atom is 0.139 e. The molecule has 4 aromatic heterocycles. The maximum atomic E-state index is 6.11. The largest absolute Gasteiger partial charge is 0.489 e. The summed E-state index contributed by atoms with van der Waals surface area (Å²) in [6.45, 7) is 0. The van der Waals surface area contributed by atoms with Crippen LogP contribution in [0.1, 0.15) is 31.7 Å². The van der Waals surface area contributed by atoms with E-state index >= 15 is 0 Å². The molecule has 0 aliphatic heterocycles. The van der Waals surface area contributed by atoms with Crippen LogP contribution in [0.25, 0.3) is 22.2 Å². The van der Waals surface area contributed by atoms with E-state index in [1.807, 2.05) is 38.8 Å².